The fourth-order valence-electron chi connectivity index (χ4n) is 3.68. The summed E-state index contributed by atoms with van der Waals surface area (Å²) >= 11 is 0. The van der Waals surface area contributed by atoms with E-state index in [1.807, 2.05) is 0 Å². The zero-order chi connectivity index (χ0) is 21.6. The first-order valence-corrected chi connectivity index (χ1v) is 11.1. The van der Waals surface area contributed by atoms with E-state index in [0.29, 0.717) is 35.1 Å². The van der Waals surface area contributed by atoms with E-state index >= 15 is 0 Å². The Morgan fingerprint density at radius 3 is 2.57 bits per heavy atom. The van der Waals surface area contributed by atoms with Gasteiger partial charge >= 0.3 is 0 Å². The van der Waals surface area contributed by atoms with Gasteiger partial charge in [-0.3, -0.25) is 0 Å². The molecule has 2 atom stereocenters. The van der Waals surface area contributed by atoms with E-state index in [0.717, 1.165) is 6.07 Å². The van der Waals surface area contributed by atoms with Crippen molar-refractivity contribution in [2.75, 3.05) is 5.75 Å². The maximum Gasteiger partial charge on any atom is 0.222 e. The van der Waals surface area contributed by atoms with Crippen molar-refractivity contribution in [2.45, 2.75) is 36.6 Å². The molecule has 1 heterocycles. The first-order valence-electron chi connectivity index (χ1n) is 9.42. The Morgan fingerprint density at radius 2 is 1.87 bits per heavy atom. The number of nitrogens with zero attached hydrogens (tertiary/aromatic N) is 1. The molecule has 0 amide bonds. The summed E-state index contributed by atoms with van der Waals surface area (Å²) in [7, 11) is -3.37. The third kappa shape index (κ3) is 3.63. The second kappa shape index (κ2) is 7.55. The van der Waals surface area contributed by atoms with Crippen LogP contribution in [0, 0.1) is 17.5 Å². The number of oxazole rings is 1. The van der Waals surface area contributed by atoms with Crippen molar-refractivity contribution in [1.29, 1.82) is 0 Å². The lowest BCUT2D eigenvalue weighted by molar-refractivity contribution is 0.460. The number of fused-ring (bicyclic) bond motifs is 1. The molecule has 1 aliphatic carbocycles. The molecule has 2 N–H and O–H groups in total. The number of rotatable bonds is 4. The molecule has 9 heteroatoms. The highest BCUT2D eigenvalue weighted by atomic mass is 32.2. The van der Waals surface area contributed by atoms with E-state index in [2.05, 4.69) is 4.98 Å². The van der Waals surface area contributed by atoms with Gasteiger partial charge < -0.3 is 10.2 Å². The number of aromatic nitrogens is 1. The van der Waals surface area contributed by atoms with Crippen LogP contribution in [-0.2, 0) is 9.84 Å². The largest absolute Gasteiger partial charge is 0.436 e. The van der Waals surface area contributed by atoms with Crippen molar-refractivity contribution in [2.24, 2.45) is 5.73 Å². The molecule has 5 nitrogen and oxygen atoms in total. The number of halogens is 3. The summed E-state index contributed by atoms with van der Waals surface area (Å²) in [6.07, 6.45) is 2.37. The maximum absolute atomic E-state index is 14.1. The van der Waals surface area contributed by atoms with Crippen molar-refractivity contribution in [3.8, 4) is 0 Å². The van der Waals surface area contributed by atoms with Gasteiger partial charge in [0.1, 0.15) is 11.3 Å². The lowest BCUT2D eigenvalue weighted by atomic mass is 9.80. The molecular weight excluding hydrogens is 417 g/mol. The smallest absolute Gasteiger partial charge is 0.222 e. The van der Waals surface area contributed by atoms with E-state index in [9.17, 15) is 21.6 Å². The Hall–Kier alpha value is -2.65. The minimum absolute atomic E-state index is 0.0227. The number of nitrogens with two attached hydrogens (primary N) is 1. The second-order valence-corrected chi connectivity index (χ2v) is 9.56. The molecule has 2 aromatic carbocycles. The summed E-state index contributed by atoms with van der Waals surface area (Å²) in [5, 5.41) is 0. The van der Waals surface area contributed by atoms with E-state index in [1.165, 1.54) is 12.1 Å². The van der Waals surface area contributed by atoms with Gasteiger partial charge in [0.25, 0.3) is 0 Å². The van der Waals surface area contributed by atoms with Gasteiger partial charge in [-0.25, -0.2) is 26.6 Å². The molecular formula is C21H19F3N2O3S. The molecule has 30 heavy (non-hydrogen) atoms. The van der Waals surface area contributed by atoms with E-state index in [4.69, 9.17) is 10.2 Å². The fraction of sp³-hybridized carbons (Fsp3) is 0.286. The number of hydrogen-bond acceptors (Lipinski definition) is 5. The summed E-state index contributed by atoms with van der Waals surface area (Å²) in [5.74, 6) is -3.44. The topological polar surface area (TPSA) is 86.2 Å². The fourth-order valence-corrected chi connectivity index (χ4v) is 4.58. The van der Waals surface area contributed by atoms with Crippen LogP contribution >= 0.6 is 0 Å². The third-order valence-electron chi connectivity index (χ3n) is 5.40. The van der Waals surface area contributed by atoms with Crippen LogP contribution in [0.2, 0.25) is 0 Å². The van der Waals surface area contributed by atoms with Gasteiger partial charge in [-0.05, 0) is 42.7 Å². The molecule has 0 saturated carbocycles. The molecule has 0 saturated heterocycles. The van der Waals surface area contributed by atoms with Crippen LogP contribution in [0.1, 0.15) is 37.1 Å². The van der Waals surface area contributed by atoms with Crippen molar-refractivity contribution < 1.29 is 26.0 Å². The zero-order valence-corrected chi connectivity index (χ0v) is 16.8. The highest BCUT2D eigenvalue weighted by Crippen LogP contribution is 2.37. The van der Waals surface area contributed by atoms with Crippen LogP contribution < -0.4 is 5.73 Å². The Kier molecular flexibility index (Phi) is 5.19. The molecule has 1 aliphatic rings. The second-order valence-electron chi connectivity index (χ2n) is 7.28. The van der Waals surface area contributed by atoms with Gasteiger partial charge in [-0.15, -0.1) is 0 Å². The van der Waals surface area contributed by atoms with E-state index in [-0.39, 0.29) is 22.6 Å². The van der Waals surface area contributed by atoms with Crippen LogP contribution in [0.15, 0.2) is 45.7 Å². The number of hydrogen-bond donors (Lipinski definition) is 1. The van der Waals surface area contributed by atoms with Crippen molar-refractivity contribution >= 4 is 26.5 Å². The molecule has 0 radical (unpaired) electrons. The number of allylic oxidation sites excluding steroid dienone is 1. The molecule has 4 rings (SSSR count). The molecule has 1 aromatic heterocycles. The van der Waals surface area contributed by atoms with Crippen molar-refractivity contribution in [3.63, 3.8) is 0 Å². The lowest BCUT2D eigenvalue weighted by Gasteiger charge is -2.28. The maximum atomic E-state index is 14.1. The lowest BCUT2D eigenvalue weighted by Crippen LogP contribution is -2.31. The van der Waals surface area contributed by atoms with Gasteiger partial charge in [-0.1, -0.05) is 13.0 Å². The van der Waals surface area contributed by atoms with Crippen molar-refractivity contribution in [1.82, 2.24) is 4.98 Å². The van der Waals surface area contributed by atoms with E-state index < -0.39 is 39.2 Å². The monoisotopic (exact) mass is 436 g/mol. The first kappa shape index (κ1) is 20.6. The minimum atomic E-state index is -3.37. The Bertz CT molecular complexity index is 1270. The van der Waals surface area contributed by atoms with E-state index in [1.54, 1.807) is 19.1 Å². The van der Waals surface area contributed by atoms with Crippen LogP contribution in [0.25, 0.3) is 16.7 Å². The SMILES string of the molecule is CCS(=O)(=O)c1ccc2oc(C3=CC[C@H](c4cc(F)c(F)cc4F)[C@@H](N)C3)nc2c1. The first-order chi connectivity index (χ1) is 14.2. The highest BCUT2D eigenvalue weighted by molar-refractivity contribution is 7.91. The van der Waals surface area contributed by atoms with Crippen LogP contribution in [0.5, 0.6) is 0 Å². The Balaban J connectivity index is 1.65. The zero-order valence-electron chi connectivity index (χ0n) is 16.0. The van der Waals surface area contributed by atoms with Gasteiger partial charge in [0.2, 0.25) is 5.89 Å². The van der Waals surface area contributed by atoms with Gasteiger partial charge in [0, 0.05) is 23.6 Å². The highest BCUT2D eigenvalue weighted by Gasteiger charge is 2.29. The number of sulfone groups is 1. The molecule has 158 valence electrons. The molecule has 3 aromatic rings. The predicted octanol–water partition coefficient (Wildman–Crippen LogP) is 4.33. The van der Waals surface area contributed by atoms with Gasteiger partial charge in [-0.2, -0.15) is 0 Å². The predicted molar refractivity (Wildman–Crippen MR) is 106 cm³/mol. The third-order valence-corrected chi connectivity index (χ3v) is 7.13. The van der Waals surface area contributed by atoms with Crippen LogP contribution in [0.3, 0.4) is 0 Å². The molecule has 0 bridgehead atoms. The van der Waals surface area contributed by atoms with Crippen LogP contribution in [-0.4, -0.2) is 25.2 Å². The quantitative estimate of drug-likeness (QED) is 0.616. The average molecular weight is 436 g/mol. The average Bonchev–Trinajstić information content (AvgIpc) is 3.14. The summed E-state index contributed by atoms with van der Waals surface area (Å²) in [6, 6.07) is 5.30. The summed E-state index contributed by atoms with van der Waals surface area (Å²) in [5.41, 5.74) is 7.78. The summed E-state index contributed by atoms with van der Waals surface area (Å²) in [4.78, 5) is 4.55. The number of benzene rings is 2. The van der Waals surface area contributed by atoms with Gasteiger partial charge in [0.05, 0.1) is 10.6 Å². The Morgan fingerprint density at radius 1 is 1.13 bits per heavy atom. The van der Waals surface area contributed by atoms with Crippen LogP contribution in [0.4, 0.5) is 13.2 Å². The normalized spacial score (nSPS) is 19.8. The molecule has 0 unspecified atom stereocenters. The summed E-state index contributed by atoms with van der Waals surface area (Å²) < 4.78 is 70.8. The summed E-state index contributed by atoms with van der Waals surface area (Å²) in [6.45, 7) is 1.56. The van der Waals surface area contributed by atoms with Crippen molar-refractivity contribution in [3.05, 3.63) is 65.3 Å². The molecule has 0 fully saturated rings. The standard InChI is InChI=1S/C21H19F3N2O3S/c1-2-30(27,28)12-4-6-20-19(8-12)26-21(29-20)11-3-5-13(18(25)7-11)14-9-16(23)17(24)10-15(14)22/h3-4,6,8-10,13,18H,2,5,7,25H2,1H3/t13-,18+/m1/s1. The van der Waals surface area contributed by atoms with Gasteiger partial charge in [0.15, 0.2) is 27.1 Å². The molecule has 0 aliphatic heterocycles. The Labute approximate surface area is 171 Å². The molecule has 0 spiro atoms. The minimum Gasteiger partial charge on any atom is -0.436 e.